The molecule has 1 aromatic carbocycles. The van der Waals surface area contributed by atoms with Gasteiger partial charge in [-0.3, -0.25) is 4.79 Å². The fraction of sp³-hybridized carbons (Fsp3) is 0.462. The Morgan fingerprint density at radius 1 is 1.25 bits per heavy atom. The van der Waals surface area contributed by atoms with Crippen molar-refractivity contribution < 1.29 is 4.79 Å². The number of hydrogen-bond acceptors (Lipinski definition) is 2. The lowest BCUT2D eigenvalue weighted by Gasteiger charge is -2.22. The van der Waals surface area contributed by atoms with Crippen LogP contribution in [0.3, 0.4) is 0 Å². The third-order valence-electron chi connectivity index (χ3n) is 2.51. The van der Waals surface area contributed by atoms with E-state index in [-0.39, 0.29) is 5.91 Å². The summed E-state index contributed by atoms with van der Waals surface area (Å²) >= 11 is 0. The van der Waals surface area contributed by atoms with E-state index >= 15 is 0 Å². The van der Waals surface area contributed by atoms with Crippen molar-refractivity contribution in [1.29, 1.82) is 0 Å². The number of nitrogens with zero attached hydrogens (tertiary/aromatic N) is 1. The molecule has 0 fully saturated rings. The number of nitrogens with two attached hydrogens (primary N) is 1. The fourth-order valence-electron chi connectivity index (χ4n) is 1.61. The number of benzene rings is 1. The van der Waals surface area contributed by atoms with Crippen molar-refractivity contribution in [2.45, 2.75) is 26.2 Å². The molecule has 1 aromatic rings. The molecule has 0 spiro atoms. The van der Waals surface area contributed by atoms with Crippen LogP contribution in [0.2, 0.25) is 0 Å². The second-order valence-corrected chi connectivity index (χ2v) is 3.73. The lowest BCUT2D eigenvalue weighted by atomic mass is 10.2. The third kappa shape index (κ3) is 3.66. The average Bonchev–Trinajstić information content (AvgIpc) is 2.35. The van der Waals surface area contributed by atoms with E-state index in [1.807, 2.05) is 42.2 Å². The number of amides is 1. The number of hydrogen-bond donors (Lipinski definition) is 1. The maximum atomic E-state index is 11.8. The molecule has 0 aromatic heterocycles. The summed E-state index contributed by atoms with van der Waals surface area (Å²) in [5, 5.41) is 0. The Hall–Kier alpha value is -1.35. The van der Waals surface area contributed by atoms with E-state index in [0.29, 0.717) is 13.0 Å². The Bertz CT molecular complexity index is 311. The van der Waals surface area contributed by atoms with Gasteiger partial charge in [0.1, 0.15) is 0 Å². The molecule has 0 aliphatic carbocycles. The van der Waals surface area contributed by atoms with Crippen LogP contribution in [-0.2, 0) is 4.79 Å². The second kappa shape index (κ2) is 7.01. The molecule has 0 heterocycles. The van der Waals surface area contributed by atoms with Crippen molar-refractivity contribution in [3.05, 3.63) is 30.3 Å². The Kier molecular flexibility index (Phi) is 5.57. The summed E-state index contributed by atoms with van der Waals surface area (Å²) in [5.41, 5.74) is 6.44. The predicted octanol–water partition coefficient (Wildman–Crippen LogP) is 2.17. The first-order chi connectivity index (χ1) is 7.79. The first-order valence-corrected chi connectivity index (χ1v) is 5.85. The lowest BCUT2D eigenvalue weighted by Crippen LogP contribution is -2.31. The highest BCUT2D eigenvalue weighted by Gasteiger charge is 2.12. The molecule has 0 radical (unpaired) electrons. The van der Waals surface area contributed by atoms with E-state index in [1.165, 1.54) is 0 Å². The van der Waals surface area contributed by atoms with E-state index in [1.54, 1.807) is 0 Å². The van der Waals surface area contributed by atoms with Crippen molar-refractivity contribution in [3.63, 3.8) is 0 Å². The Morgan fingerprint density at radius 3 is 2.50 bits per heavy atom. The highest BCUT2D eigenvalue weighted by Crippen LogP contribution is 2.15. The van der Waals surface area contributed by atoms with Gasteiger partial charge in [0.2, 0.25) is 5.91 Å². The van der Waals surface area contributed by atoms with Gasteiger partial charge in [0.15, 0.2) is 0 Å². The van der Waals surface area contributed by atoms with Gasteiger partial charge in [-0.25, -0.2) is 0 Å². The molecule has 1 rings (SSSR count). The first kappa shape index (κ1) is 12.7. The van der Waals surface area contributed by atoms with E-state index in [0.717, 1.165) is 25.1 Å². The fourth-order valence-corrected chi connectivity index (χ4v) is 1.61. The Morgan fingerprint density at radius 2 is 1.94 bits per heavy atom. The van der Waals surface area contributed by atoms with E-state index in [2.05, 4.69) is 0 Å². The van der Waals surface area contributed by atoms with Crippen LogP contribution >= 0.6 is 0 Å². The monoisotopic (exact) mass is 220 g/mol. The van der Waals surface area contributed by atoms with Crippen LogP contribution in [0, 0.1) is 0 Å². The van der Waals surface area contributed by atoms with Crippen molar-refractivity contribution >= 4 is 11.6 Å². The zero-order chi connectivity index (χ0) is 11.8. The molecule has 3 nitrogen and oxygen atoms in total. The van der Waals surface area contributed by atoms with Gasteiger partial charge < -0.3 is 10.6 Å². The van der Waals surface area contributed by atoms with Gasteiger partial charge in [0.25, 0.3) is 0 Å². The maximum Gasteiger partial charge on any atom is 0.226 e. The summed E-state index contributed by atoms with van der Waals surface area (Å²) in [7, 11) is 0. The molecule has 0 aliphatic rings. The number of carbonyl (C=O) groups is 1. The van der Waals surface area contributed by atoms with Gasteiger partial charge in [-0.15, -0.1) is 0 Å². The molecule has 1 amide bonds. The van der Waals surface area contributed by atoms with E-state index in [4.69, 9.17) is 5.73 Å². The number of unbranched alkanes of at least 4 members (excludes halogenated alkanes) is 1. The predicted molar refractivity (Wildman–Crippen MR) is 67.4 cm³/mol. The van der Waals surface area contributed by atoms with Crippen LogP contribution in [0.1, 0.15) is 26.2 Å². The minimum atomic E-state index is 0.170. The van der Waals surface area contributed by atoms with Gasteiger partial charge in [-0.05, 0) is 31.5 Å². The minimum absolute atomic E-state index is 0.170. The van der Waals surface area contributed by atoms with Crippen LogP contribution < -0.4 is 10.6 Å². The lowest BCUT2D eigenvalue weighted by molar-refractivity contribution is -0.118. The molecular formula is C13H20N2O. The van der Waals surface area contributed by atoms with Crippen LogP contribution in [0.5, 0.6) is 0 Å². The van der Waals surface area contributed by atoms with Crippen LogP contribution in [0.25, 0.3) is 0 Å². The molecule has 88 valence electrons. The largest absolute Gasteiger partial charge is 0.330 e. The highest BCUT2D eigenvalue weighted by molar-refractivity contribution is 5.93. The molecule has 0 unspecified atom stereocenters. The van der Waals surface area contributed by atoms with Crippen LogP contribution in [0.15, 0.2) is 30.3 Å². The molecule has 0 saturated carbocycles. The van der Waals surface area contributed by atoms with Crippen molar-refractivity contribution in [2.75, 3.05) is 18.0 Å². The highest BCUT2D eigenvalue weighted by atomic mass is 16.2. The number of rotatable bonds is 6. The van der Waals surface area contributed by atoms with Gasteiger partial charge in [0.05, 0.1) is 0 Å². The molecule has 0 bridgehead atoms. The zero-order valence-corrected chi connectivity index (χ0v) is 9.86. The van der Waals surface area contributed by atoms with Crippen molar-refractivity contribution in [2.24, 2.45) is 5.73 Å². The van der Waals surface area contributed by atoms with Crippen molar-refractivity contribution in [1.82, 2.24) is 0 Å². The normalized spacial score (nSPS) is 10.1. The van der Waals surface area contributed by atoms with Gasteiger partial charge in [0, 0.05) is 18.7 Å². The molecule has 2 N–H and O–H groups in total. The SMILES string of the molecule is CCC(=O)N(CCCCN)c1ccccc1. The number of carbonyl (C=O) groups excluding carboxylic acids is 1. The summed E-state index contributed by atoms with van der Waals surface area (Å²) in [6.45, 7) is 3.33. The summed E-state index contributed by atoms with van der Waals surface area (Å²) in [5.74, 6) is 0.170. The molecule has 0 aliphatic heterocycles. The third-order valence-corrected chi connectivity index (χ3v) is 2.51. The molecule has 3 heteroatoms. The second-order valence-electron chi connectivity index (χ2n) is 3.73. The average molecular weight is 220 g/mol. The smallest absolute Gasteiger partial charge is 0.226 e. The first-order valence-electron chi connectivity index (χ1n) is 5.85. The van der Waals surface area contributed by atoms with Crippen LogP contribution in [0.4, 0.5) is 5.69 Å². The summed E-state index contributed by atoms with van der Waals surface area (Å²) in [6, 6.07) is 9.80. The van der Waals surface area contributed by atoms with Crippen molar-refractivity contribution in [3.8, 4) is 0 Å². The van der Waals surface area contributed by atoms with Gasteiger partial charge >= 0.3 is 0 Å². The topological polar surface area (TPSA) is 46.3 Å². The van der Waals surface area contributed by atoms with E-state index < -0.39 is 0 Å². The van der Waals surface area contributed by atoms with Gasteiger partial charge in [-0.2, -0.15) is 0 Å². The number of anilines is 1. The molecular weight excluding hydrogens is 200 g/mol. The summed E-state index contributed by atoms with van der Waals surface area (Å²) in [4.78, 5) is 13.6. The molecule has 16 heavy (non-hydrogen) atoms. The number of para-hydroxylation sites is 1. The maximum absolute atomic E-state index is 11.8. The summed E-state index contributed by atoms with van der Waals surface area (Å²) < 4.78 is 0. The molecule has 0 atom stereocenters. The van der Waals surface area contributed by atoms with Gasteiger partial charge in [-0.1, -0.05) is 25.1 Å². The van der Waals surface area contributed by atoms with Crippen LogP contribution in [-0.4, -0.2) is 19.0 Å². The zero-order valence-electron chi connectivity index (χ0n) is 9.86. The van der Waals surface area contributed by atoms with E-state index in [9.17, 15) is 4.79 Å². The molecule has 0 saturated heterocycles. The summed E-state index contributed by atoms with van der Waals surface area (Å²) in [6.07, 6.45) is 2.45. The Balaban J connectivity index is 2.68. The Labute approximate surface area is 97.2 Å². The minimum Gasteiger partial charge on any atom is -0.330 e. The standard InChI is InChI=1S/C13H20N2O/c1-2-13(16)15(11-7-6-10-14)12-8-4-3-5-9-12/h3-5,8-9H,2,6-7,10-11,14H2,1H3. The quantitative estimate of drug-likeness (QED) is 0.747.